The van der Waals surface area contributed by atoms with Crippen LogP contribution in [0.15, 0.2) is 0 Å². The van der Waals surface area contributed by atoms with Gasteiger partial charge in [-0.1, -0.05) is 0 Å². The summed E-state index contributed by atoms with van der Waals surface area (Å²) in [6.07, 6.45) is 4.79. The lowest BCUT2D eigenvalue weighted by Crippen LogP contribution is -2.67. The molecule has 4 N–H and O–H groups in total. The smallest absolute Gasteiger partial charge is 0.0827 e. The van der Waals surface area contributed by atoms with Crippen molar-refractivity contribution in [2.24, 2.45) is 5.73 Å². The Balaban J connectivity index is 2.07. The normalized spacial score (nSPS) is 32.5. The minimum absolute atomic E-state index is 0.295. The molecule has 0 atom stereocenters. The molecule has 3 nitrogen and oxygen atoms in total. The molecule has 2 rings (SSSR count). The first kappa shape index (κ1) is 8.48. The van der Waals surface area contributed by atoms with E-state index in [0.29, 0.717) is 0 Å². The molecule has 0 aromatic rings. The zero-order chi connectivity index (χ0) is 8.66. The summed E-state index contributed by atoms with van der Waals surface area (Å²) in [6, 6.07) is 0. The summed E-state index contributed by atoms with van der Waals surface area (Å²) in [7, 11) is 0. The molecule has 1 aliphatic carbocycles. The first-order chi connectivity index (χ1) is 5.66. The molecule has 0 spiro atoms. The molecule has 0 bridgehead atoms. The second kappa shape index (κ2) is 2.69. The van der Waals surface area contributed by atoms with Crippen LogP contribution in [0, 0.1) is 0 Å². The summed E-state index contributed by atoms with van der Waals surface area (Å²) in [4.78, 5) is 0. The second-order valence-electron chi connectivity index (χ2n) is 4.29. The van der Waals surface area contributed by atoms with Crippen molar-refractivity contribution < 1.29 is 5.11 Å². The van der Waals surface area contributed by atoms with E-state index >= 15 is 0 Å². The highest BCUT2D eigenvalue weighted by molar-refractivity contribution is 5.09. The van der Waals surface area contributed by atoms with Crippen molar-refractivity contribution in [3.63, 3.8) is 0 Å². The molecule has 0 radical (unpaired) electrons. The van der Waals surface area contributed by atoms with Gasteiger partial charge in [0.1, 0.15) is 0 Å². The van der Waals surface area contributed by atoms with Crippen molar-refractivity contribution in [2.45, 2.75) is 43.2 Å². The van der Waals surface area contributed by atoms with Crippen molar-refractivity contribution in [3.8, 4) is 0 Å². The van der Waals surface area contributed by atoms with Gasteiger partial charge in [-0.15, -0.1) is 0 Å². The highest BCUT2D eigenvalue weighted by Crippen LogP contribution is 2.43. The number of rotatable bonds is 1. The summed E-state index contributed by atoms with van der Waals surface area (Å²) in [5.41, 5.74) is 5.38. The third-order valence-corrected chi connectivity index (χ3v) is 3.60. The largest absolute Gasteiger partial charge is 0.388 e. The average Bonchev–Trinajstić information content (AvgIpc) is 2.01. The summed E-state index contributed by atoms with van der Waals surface area (Å²) in [5, 5.41) is 13.4. The van der Waals surface area contributed by atoms with Crippen molar-refractivity contribution in [1.82, 2.24) is 5.32 Å². The number of hydrogen-bond donors (Lipinski definition) is 3. The fourth-order valence-corrected chi connectivity index (χ4v) is 2.35. The van der Waals surface area contributed by atoms with Crippen LogP contribution in [0.25, 0.3) is 0 Å². The highest BCUT2D eigenvalue weighted by atomic mass is 16.3. The summed E-state index contributed by atoms with van der Waals surface area (Å²) >= 11 is 0. The predicted octanol–water partition coefficient (Wildman–Crippen LogP) is -0.0177. The zero-order valence-electron chi connectivity index (χ0n) is 7.47. The van der Waals surface area contributed by atoms with Crippen LogP contribution in [0.2, 0.25) is 0 Å². The SMILES string of the molecule is NC1(C2(O)CCC2)CCNCC1. The van der Waals surface area contributed by atoms with E-state index in [-0.39, 0.29) is 5.54 Å². The van der Waals surface area contributed by atoms with E-state index < -0.39 is 5.60 Å². The Morgan fingerprint density at radius 2 is 1.67 bits per heavy atom. The van der Waals surface area contributed by atoms with Crippen LogP contribution in [0.3, 0.4) is 0 Å². The van der Waals surface area contributed by atoms with Crippen LogP contribution >= 0.6 is 0 Å². The maximum Gasteiger partial charge on any atom is 0.0827 e. The topological polar surface area (TPSA) is 58.3 Å². The summed E-state index contributed by atoms with van der Waals surface area (Å²) in [5.74, 6) is 0. The molecule has 1 aliphatic heterocycles. The van der Waals surface area contributed by atoms with Crippen molar-refractivity contribution >= 4 is 0 Å². The third-order valence-electron chi connectivity index (χ3n) is 3.60. The fraction of sp³-hybridized carbons (Fsp3) is 1.00. The molecule has 12 heavy (non-hydrogen) atoms. The van der Waals surface area contributed by atoms with Gasteiger partial charge in [-0.3, -0.25) is 0 Å². The van der Waals surface area contributed by atoms with Gasteiger partial charge in [-0.25, -0.2) is 0 Å². The van der Waals surface area contributed by atoms with Crippen LogP contribution in [0.5, 0.6) is 0 Å². The molecule has 70 valence electrons. The Bertz CT molecular complexity index is 171. The maximum atomic E-state index is 10.1. The van der Waals surface area contributed by atoms with Gasteiger partial charge in [-0.05, 0) is 45.2 Å². The number of hydrogen-bond acceptors (Lipinski definition) is 3. The van der Waals surface area contributed by atoms with E-state index in [1.165, 1.54) is 0 Å². The highest BCUT2D eigenvalue weighted by Gasteiger charge is 2.51. The van der Waals surface area contributed by atoms with E-state index in [9.17, 15) is 5.11 Å². The first-order valence-corrected chi connectivity index (χ1v) is 4.88. The number of nitrogens with two attached hydrogens (primary N) is 1. The van der Waals surface area contributed by atoms with Crippen LogP contribution in [0.1, 0.15) is 32.1 Å². The van der Waals surface area contributed by atoms with Crippen LogP contribution in [0.4, 0.5) is 0 Å². The van der Waals surface area contributed by atoms with Gasteiger partial charge in [0.05, 0.1) is 5.60 Å². The van der Waals surface area contributed by atoms with Gasteiger partial charge in [-0.2, -0.15) is 0 Å². The monoisotopic (exact) mass is 170 g/mol. The number of aliphatic hydroxyl groups is 1. The Hall–Kier alpha value is -0.120. The minimum atomic E-state index is -0.533. The molecule has 0 amide bonds. The van der Waals surface area contributed by atoms with E-state index in [1.54, 1.807) is 0 Å². The Labute approximate surface area is 73.3 Å². The van der Waals surface area contributed by atoms with Gasteiger partial charge >= 0.3 is 0 Å². The van der Waals surface area contributed by atoms with Gasteiger partial charge in [0.2, 0.25) is 0 Å². The van der Waals surface area contributed by atoms with Gasteiger partial charge in [0, 0.05) is 5.54 Å². The first-order valence-electron chi connectivity index (χ1n) is 4.88. The molecule has 0 aromatic heterocycles. The fourth-order valence-electron chi connectivity index (χ4n) is 2.35. The Morgan fingerprint density at radius 1 is 1.08 bits per heavy atom. The van der Waals surface area contributed by atoms with Gasteiger partial charge < -0.3 is 16.2 Å². The molecule has 1 saturated carbocycles. The molecule has 1 saturated heterocycles. The van der Waals surface area contributed by atoms with E-state index in [2.05, 4.69) is 5.32 Å². The predicted molar refractivity (Wildman–Crippen MR) is 47.8 cm³/mol. The minimum Gasteiger partial charge on any atom is -0.388 e. The standard InChI is InChI=1S/C9H18N2O/c10-8(4-6-11-7-5-8)9(12)2-1-3-9/h11-12H,1-7,10H2. The van der Waals surface area contributed by atoms with Gasteiger partial charge in [0.25, 0.3) is 0 Å². The average molecular weight is 170 g/mol. The molecule has 1 heterocycles. The van der Waals surface area contributed by atoms with Crippen LogP contribution < -0.4 is 11.1 Å². The molecular weight excluding hydrogens is 152 g/mol. The third kappa shape index (κ3) is 1.08. The zero-order valence-corrected chi connectivity index (χ0v) is 7.47. The molecular formula is C9H18N2O. The molecule has 0 unspecified atom stereocenters. The Morgan fingerprint density at radius 3 is 2.08 bits per heavy atom. The van der Waals surface area contributed by atoms with E-state index in [1.807, 2.05) is 0 Å². The molecule has 2 fully saturated rings. The van der Waals surface area contributed by atoms with Crippen molar-refractivity contribution in [3.05, 3.63) is 0 Å². The maximum absolute atomic E-state index is 10.1. The lowest BCUT2D eigenvalue weighted by atomic mass is 9.63. The molecule has 2 aliphatic rings. The lowest BCUT2D eigenvalue weighted by Gasteiger charge is -2.52. The van der Waals surface area contributed by atoms with Crippen molar-refractivity contribution in [2.75, 3.05) is 13.1 Å². The summed E-state index contributed by atoms with van der Waals surface area (Å²) in [6.45, 7) is 1.91. The quantitative estimate of drug-likeness (QED) is 0.518. The van der Waals surface area contributed by atoms with E-state index in [0.717, 1.165) is 45.2 Å². The number of piperidine rings is 1. The molecule has 3 heteroatoms. The van der Waals surface area contributed by atoms with Crippen molar-refractivity contribution in [1.29, 1.82) is 0 Å². The number of nitrogens with one attached hydrogen (secondary N) is 1. The van der Waals surface area contributed by atoms with Crippen LogP contribution in [-0.4, -0.2) is 29.3 Å². The Kier molecular flexibility index (Phi) is 1.90. The van der Waals surface area contributed by atoms with Gasteiger partial charge in [0.15, 0.2) is 0 Å². The van der Waals surface area contributed by atoms with Crippen LogP contribution in [-0.2, 0) is 0 Å². The molecule has 0 aromatic carbocycles. The lowest BCUT2D eigenvalue weighted by molar-refractivity contribution is -0.107. The summed E-state index contributed by atoms with van der Waals surface area (Å²) < 4.78 is 0. The van der Waals surface area contributed by atoms with E-state index in [4.69, 9.17) is 5.73 Å². The second-order valence-corrected chi connectivity index (χ2v) is 4.29.